The van der Waals surface area contributed by atoms with Crippen LogP contribution in [0, 0.1) is 12.3 Å². The molecule has 0 aromatic heterocycles. The van der Waals surface area contributed by atoms with Crippen LogP contribution in [0.15, 0.2) is 0 Å². The van der Waals surface area contributed by atoms with Crippen molar-refractivity contribution in [1.82, 2.24) is 4.90 Å². The van der Waals surface area contributed by atoms with E-state index in [1.165, 1.54) is 0 Å². The van der Waals surface area contributed by atoms with Gasteiger partial charge in [-0.1, -0.05) is 0 Å². The number of unbranched alkanes of at least 4 members (excludes halogenated alkanes) is 2. The lowest BCUT2D eigenvalue weighted by Crippen LogP contribution is -2.47. The van der Waals surface area contributed by atoms with Gasteiger partial charge in [-0.25, -0.2) is 0 Å². The molecule has 0 aromatic rings. The molecule has 0 bridgehead atoms. The molecule has 1 N–H and O–H groups in total. The number of amides is 1. The Labute approximate surface area is 112 Å². The van der Waals surface area contributed by atoms with E-state index in [1.807, 2.05) is 0 Å². The highest BCUT2D eigenvalue weighted by Crippen LogP contribution is 2.20. The first-order chi connectivity index (χ1) is 8.65. The predicted molar refractivity (Wildman–Crippen MR) is 72.4 cm³/mol. The quantitative estimate of drug-likeness (QED) is 0.588. The van der Waals surface area contributed by atoms with Crippen molar-refractivity contribution < 1.29 is 14.7 Å². The van der Waals surface area contributed by atoms with Crippen molar-refractivity contribution in [2.24, 2.45) is 0 Å². The third-order valence-electron chi connectivity index (χ3n) is 2.92. The van der Waals surface area contributed by atoms with Gasteiger partial charge in [0, 0.05) is 30.9 Å². The molecule has 0 aromatic carbocycles. The predicted octanol–water partition coefficient (Wildman–Crippen LogP) is 1.60. The number of thioether (sulfide) groups is 1. The molecule has 1 amide bonds. The molecule has 0 radical (unpaired) electrons. The van der Waals surface area contributed by atoms with E-state index < -0.39 is 5.97 Å². The molecule has 1 heterocycles. The van der Waals surface area contributed by atoms with Gasteiger partial charge in [0.2, 0.25) is 5.91 Å². The molecule has 1 saturated heterocycles. The molecule has 1 fully saturated rings. The maximum absolute atomic E-state index is 12.0. The van der Waals surface area contributed by atoms with Crippen LogP contribution in [0.5, 0.6) is 0 Å². The Balaban J connectivity index is 2.42. The van der Waals surface area contributed by atoms with Crippen LogP contribution in [0.25, 0.3) is 0 Å². The molecule has 0 aliphatic carbocycles. The van der Waals surface area contributed by atoms with Gasteiger partial charge in [-0.05, 0) is 12.8 Å². The van der Waals surface area contributed by atoms with Crippen LogP contribution >= 0.6 is 11.8 Å². The largest absolute Gasteiger partial charge is 0.481 e. The van der Waals surface area contributed by atoms with Gasteiger partial charge in [0.1, 0.15) is 0 Å². The van der Waals surface area contributed by atoms with E-state index in [9.17, 15) is 9.59 Å². The van der Waals surface area contributed by atoms with Crippen molar-refractivity contribution in [2.45, 2.75) is 38.1 Å². The minimum Gasteiger partial charge on any atom is -0.481 e. The van der Waals surface area contributed by atoms with Gasteiger partial charge in [0.15, 0.2) is 0 Å². The van der Waals surface area contributed by atoms with Crippen LogP contribution in [0.3, 0.4) is 0 Å². The summed E-state index contributed by atoms with van der Waals surface area (Å²) in [5.41, 5.74) is 0. The number of hydrogen-bond acceptors (Lipinski definition) is 3. The van der Waals surface area contributed by atoms with Crippen molar-refractivity contribution in [3.8, 4) is 12.3 Å². The Hall–Kier alpha value is -1.15. The van der Waals surface area contributed by atoms with Crippen LogP contribution in [0.2, 0.25) is 0 Å². The van der Waals surface area contributed by atoms with Crippen LogP contribution in [-0.2, 0) is 9.59 Å². The molecule has 0 spiro atoms. The van der Waals surface area contributed by atoms with Crippen LogP contribution in [0.1, 0.15) is 32.1 Å². The number of carboxylic acids is 1. The number of carbonyl (C=O) groups is 2. The number of carbonyl (C=O) groups excluding carboxylic acids is 1. The van der Waals surface area contributed by atoms with Crippen molar-refractivity contribution >= 4 is 23.6 Å². The first-order valence-electron chi connectivity index (χ1n) is 6.17. The third-order valence-corrected chi connectivity index (χ3v) is 4.01. The van der Waals surface area contributed by atoms with E-state index in [0.29, 0.717) is 19.4 Å². The average molecular weight is 269 g/mol. The summed E-state index contributed by atoms with van der Waals surface area (Å²) in [6.07, 6.45) is 8.01. The Morgan fingerprint density at radius 3 is 2.89 bits per heavy atom. The zero-order valence-corrected chi connectivity index (χ0v) is 11.2. The molecule has 4 nitrogen and oxygen atoms in total. The second-order valence-corrected chi connectivity index (χ2v) is 5.47. The molecule has 5 heteroatoms. The van der Waals surface area contributed by atoms with Crippen LogP contribution < -0.4 is 0 Å². The smallest absolute Gasteiger partial charge is 0.305 e. The molecule has 1 rings (SSSR count). The lowest BCUT2D eigenvalue weighted by Gasteiger charge is -2.34. The molecule has 1 atom stereocenters. The summed E-state index contributed by atoms with van der Waals surface area (Å²) in [4.78, 5) is 24.5. The van der Waals surface area contributed by atoms with E-state index in [4.69, 9.17) is 11.5 Å². The van der Waals surface area contributed by atoms with Gasteiger partial charge in [-0.3, -0.25) is 9.59 Å². The fourth-order valence-corrected chi connectivity index (χ4v) is 3.06. The van der Waals surface area contributed by atoms with Crippen molar-refractivity contribution in [1.29, 1.82) is 0 Å². The number of hydrogen-bond donors (Lipinski definition) is 1. The van der Waals surface area contributed by atoms with E-state index in [1.54, 1.807) is 16.7 Å². The lowest BCUT2D eigenvalue weighted by atomic mass is 10.1. The van der Waals surface area contributed by atoms with E-state index in [2.05, 4.69) is 5.92 Å². The van der Waals surface area contributed by atoms with Gasteiger partial charge in [-0.2, -0.15) is 11.8 Å². The number of carboxylic acid groups (broad SMARTS) is 1. The maximum atomic E-state index is 12.0. The molecular formula is C13H19NO3S. The van der Waals surface area contributed by atoms with E-state index >= 15 is 0 Å². The SMILES string of the molecule is C#CCCCCC(=O)N1CCSCC1CC(=O)O. The standard InChI is InChI=1S/C13H19NO3S/c1-2-3-4-5-6-12(15)14-7-8-18-10-11(14)9-13(16)17/h1,11H,3-10H2,(H,16,17). The Kier molecular flexibility index (Phi) is 6.66. The summed E-state index contributed by atoms with van der Waals surface area (Å²) in [6, 6.07) is -0.151. The average Bonchev–Trinajstić information content (AvgIpc) is 2.34. The zero-order valence-electron chi connectivity index (χ0n) is 10.4. The van der Waals surface area contributed by atoms with Gasteiger partial charge < -0.3 is 10.0 Å². The second kappa shape index (κ2) is 8.04. The highest BCUT2D eigenvalue weighted by Gasteiger charge is 2.28. The topological polar surface area (TPSA) is 57.6 Å². The number of terminal acetylenes is 1. The normalized spacial score (nSPS) is 19.3. The second-order valence-electron chi connectivity index (χ2n) is 4.32. The molecule has 1 aliphatic rings. The van der Waals surface area contributed by atoms with Gasteiger partial charge in [0.05, 0.1) is 12.5 Å². The summed E-state index contributed by atoms with van der Waals surface area (Å²) in [5.74, 6) is 3.40. The van der Waals surface area contributed by atoms with Gasteiger partial charge in [0.25, 0.3) is 0 Å². The molecule has 0 saturated carbocycles. The van der Waals surface area contributed by atoms with Crippen molar-refractivity contribution in [3.63, 3.8) is 0 Å². The minimum absolute atomic E-state index is 0.0447. The fourth-order valence-electron chi connectivity index (χ4n) is 2.00. The summed E-state index contributed by atoms with van der Waals surface area (Å²) < 4.78 is 0. The van der Waals surface area contributed by atoms with E-state index in [0.717, 1.165) is 24.3 Å². The summed E-state index contributed by atoms with van der Waals surface area (Å²) >= 11 is 1.71. The van der Waals surface area contributed by atoms with E-state index in [-0.39, 0.29) is 18.4 Å². The zero-order chi connectivity index (χ0) is 13.4. The maximum Gasteiger partial charge on any atom is 0.305 e. The molecular weight excluding hydrogens is 250 g/mol. The Bertz CT molecular complexity index is 338. The highest BCUT2D eigenvalue weighted by atomic mass is 32.2. The van der Waals surface area contributed by atoms with Gasteiger partial charge >= 0.3 is 5.97 Å². The van der Waals surface area contributed by atoms with Crippen LogP contribution in [0.4, 0.5) is 0 Å². The Morgan fingerprint density at radius 2 is 2.22 bits per heavy atom. The minimum atomic E-state index is -0.840. The monoisotopic (exact) mass is 269 g/mol. The van der Waals surface area contributed by atoms with Gasteiger partial charge in [-0.15, -0.1) is 12.3 Å². The third kappa shape index (κ3) is 5.01. The number of rotatable bonds is 6. The summed E-state index contributed by atoms with van der Waals surface area (Å²) in [6.45, 7) is 0.663. The molecule has 1 aliphatic heterocycles. The number of nitrogens with zero attached hydrogens (tertiary/aromatic N) is 1. The summed E-state index contributed by atoms with van der Waals surface area (Å²) in [5, 5.41) is 8.84. The first-order valence-corrected chi connectivity index (χ1v) is 7.33. The molecule has 100 valence electrons. The van der Waals surface area contributed by atoms with Crippen molar-refractivity contribution in [2.75, 3.05) is 18.1 Å². The molecule has 1 unspecified atom stereocenters. The summed E-state index contributed by atoms with van der Waals surface area (Å²) in [7, 11) is 0. The van der Waals surface area contributed by atoms with Crippen LogP contribution in [-0.4, -0.2) is 46.0 Å². The first kappa shape index (κ1) is 14.9. The fraction of sp³-hybridized carbons (Fsp3) is 0.692. The highest BCUT2D eigenvalue weighted by molar-refractivity contribution is 7.99. The number of aliphatic carboxylic acids is 1. The lowest BCUT2D eigenvalue weighted by molar-refractivity contribution is -0.140. The molecule has 18 heavy (non-hydrogen) atoms. The van der Waals surface area contributed by atoms with Crippen molar-refractivity contribution in [3.05, 3.63) is 0 Å². The Morgan fingerprint density at radius 1 is 1.44 bits per heavy atom.